The average Bonchev–Trinajstić information content (AvgIpc) is 3.52. The summed E-state index contributed by atoms with van der Waals surface area (Å²) in [6.07, 6.45) is 2.44. The quantitative estimate of drug-likeness (QED) is 0.319. The molecule has 9 heteroatoms. The van der Waals surface area contributed by atoms with E-state index in [1.54, 1.807) is 0 Å². The highest BCUT2D eigenvalue weighted by molar-refractivity contribution is 8.01. The van der Waals surface area contributed by atoms with E-state index in [-0.39, 0.29) is 11.9 Å². The first-order valence-electron chi connectivity index (χ1n) is 10.8. The first kappa shape index (κ1) is 22.8. The minimum atomic E-state index is 0.105. The Bertz CT molecular complexity index is 1070. The van der Waals surface area contributed by atoms with Gasteiger partial charge in [0.15, 0.2) is 10.1 Å². The molecule has 1 aliphatic rings. The molecule has 0 aliphatic carbocycles. The predicted octanol–water partition coefficient (Wildman–Crippen LogP) is 5.25. The maximum absolute atomic E-state index is 12.9. The van der Waals surface area contributed by atoms with Gasteiger partial charge in [0.2, 0.25) is 5.13 Å². The average molecular weight is 473 g/mol. The molecule has 1 saturated heterocycles. The molecule has 1 aromatic carbocycles. The van der Waals surface area contributed by atoms with Crippen LogP contribution < -0.4 is 10.1 Å². The molecule has 0 spiro atoms. The van der Waals surface area contributed by atoms with Crippen molar-refractivity contribution in [1.29, 1.82) is 0 Å². The van der Waals surface area contributed by atoms with Gasteiger partial charge in [-0.2, -0.15) is 0 Å². The van der Waals surface area contributed by atoms with Crippen LogP contribution in [0.3, 0.4) is 0 Å². The summed E-state index contributed by atoms with van der Waals surface area (Å²) in [5.41, 5.74) is 3.73. The molecule has 0 saturated carbocycles. The zero-order chi connectivity index (χ0) is 22.5. The van der Waals surface area contributed by atoms with Gasteiger partial charge >= 0.3 is 0 Å². The number of anilines is 2. The molecule has 32 heavy (non-hydrogen) atoms. The Balaban J connectivity index is 1.36. The van der Waals surface area contributed by atoms with Gasteiger partial charge in [-0.25, -0.2) is 0 Å². The molecule has 0 amide bonds. The molecule has 1 N–H and O–H groups in total. The summed E-state index contributed by atoms with van der Waals surface area (Å²) >= 11 is 2.84. The Hall–Kier alpha value is -2.36. The van der Waals surface area contributed by atoms with Gasteiger partial charge in [0.1, 0.15) is 5.75 Å². The van der Waals surface area contributed by atoms with E-state index in [4.69, 9.17) is 9.47 Å². The van der Waals surface area contributed by atoms with Crippen LogP contribution in [0.1, 0.15) is 41.5 Å². The second-order valence-electron chi connectivity index (χ2n) is 7.67. The zero-order valence-electron chi connectivity index (χ0n) is 18.6. The van der Waals surface area contributed by atoms with E-state index in [0.717, 1.165) is 58.7 Å². The standard InChI is InChI=1S/C23H28N4O3S2/c1-4-29-21-10-6-5-9-19(21)24-22-25-26-23(32-22)31-14-20(28)18-12-15(2)27(16(18)3)13-17-8-7-11-30-17/h5-6,9-10,12,17H,4,7-8,11,13-14H2,1-3H3,(H,24,25)/t17-/m1/s1. The van der Waals surface area contributed by atoms with E-state index in [9.17, 15) is 4.79 Å². The molecular weight excluding hydrogens is 444 g/mol. The summed E-state index contributed by atoms with van der Waals surface area (Å²) in [6.45, 7) is 8.26. The van der Waals surface area contributed by atoms with Crippen molar-refractivity contribution >= 4 is 39.7 Å². The monoisotopic (exact) mass is 472 g/mol. The van der Waals surface area contributed by atoms with Crippen molar-refractivity contribution in [3.63, 3.8) is 0 Å². The third kappa shape index (κ3) is 5.33. The second kappa shape index (κ2) is 10.5. The highest BCUT2D eigenvalue weighted by Crippen LogP contribution is 2.32. The van der Waals surface area contributed by atoms with Crippen LogP contribution in [0.4, 0.5) is 10.8 Å². The van der Waals surface area contributed by atoms with Crippen molar-refractivity contribution in [3.8, 4) is 5.75 Å². The Kier molecular flexibility index (Phi) is 7.49. The van der Waals surface area contributed by atoms with Crippen LogP contribution in [0.25, 0.3) is 0 Å². The number of nitrogens with zero attached hydrogens (tertiary/aromatic N) is 3. The molecule has 1 aliphatic heterocycles. The number of Topliss-reactive ketones (excluding diaryl/α,β-unsaturated/α-hetero) is 1. The number of aryl methyl sites for hydroxylation is 1. The lowest BCUT2D eigenvalue weighted by Crippen LogP contribution is -2.17. The summed E-state index contributed by atoms with van der Waals surface area (Å²) in [5.74, 6) is 1.20. The van der Waals surface area contributed by atoms with Crippen LogP contribution in [-0.2, 0) is 11.3 Å². The molecule has 1 fully saturated rings. The molecule has 1 atom stereocenters. The summed E-state index contributed by atoms with van der Waals surface area (Å²) < 4.78 is 14.4. The highest BCUT2D eigenvalue weighted by atomic mass is 32.2. The lowest BCUT2D eigenvalue weighted by atomic mass is 10.2. The number of benzene rings is 1. The van der Waals surface area contributed by atoms with E-state index in [1.807, 2.05) is 44.2 Å². The number of hydrogen-bond acceptors (Lipinski definition) is 8. The Labute approximate surface area is 196 Å². The van der Waals surface area contributed by atoms with Crippen LogP contribution in [0.15, 0.2) is 34.7 Å². The van der Waals surface area contributed by atoms with Crippen molar-refractivity contribution in [2.45, 2.75) is 50.6 Å². The van der Waals surface area contributed by atoms with Gasteiger partial charge in [-0.15, -0.1) is 10.2 Å². The summed E-state index contributed by atoms with van der Waals surface area (Å²) in [4.78, 5) is 12.9. The van der Waals surface area contributed by atoms with Crippen LogP contribution >= 0.6 is 23.1 Å². The van der Waals surface area contributed by atoms with E-state index in [2.05, 4.69) is 27.0 Å². The first-order chi connectivity index (χ1) is 15.5. The molecule has 2 aromatic heterocycles. The van der Waals surface area contributed by atoms with E-state index in [0.29, 0.717) is 17.5 Å². The topological polar surface area (TPSA) is 78.3 Å². The molecular formula is C23H28N4O3S2. The number of hydrogen-bond donors (Lipinski definition) is 1. The first-order valence-corrected chi connectivity index (χ1v) is 12.6. The van der Waals surface area contributed by atoms with E-state index >= 15 is 0 Å². The van der Waals surface area contributed by atoms with Crippen molar-refractivity contribution in [3.05, 3.63) is 47.3 Å². The number of carbonyl (C=O) groups excluding carboxylic acids is 1. The normalized spacial score (nSPS) is 15.8. The third-order valence-corrected chi connectivity index (χ3v) is 7.42. The number of carbonyl (C=O) groups is 1. The Morgan fingerprint density at radius 2 is 2.19 bits per heavy atom. The molecule has 3 heterocycles. The van der Waals surface area contributed by atoms with Crippen LogP contribution in [-0.4, -0.2) is 45.6 Å². The smallest absolute Gasteiger partial charge is 0.210 e. The second-order valence-corrected chi connectivity index (χ2v) is 9.87. The van der Waals surface area contributed by atoms with Crippen molar-refractivity contribution in [1.82, 2.24) is 14.8 Å². The van der Waals surface area contributed by atoms with Gasteiger partial charge in [-0.05, 0) is 51.8 Å². The fraction of sp³-hybridized carbons (Fsp3) is 0.435. The maximum Gasteiger partial charge on any atom is 0.210 e. The molecule has 0 unspecified atom stereocenters. The number of ether oxygens (including phenoxy) is 2. The Morgan fingerprint density at radius 3 is 2.97 bits per heavy atom. The minimum absolute atomic E-state index is 0.105. The number of aromatic nitrogens is 3. The highest BCUT2D eigenvalue weighted by Gasteiger charge is 2.21. The minimum Gasteiger partial charge on any atom is -0.492 e. The molecule has 4 rings (SSSR count). The van der Waals surface area contributed by atoms with Crippen molar-refractivity contribution in [2.24, 2.45) is 0 Å². The molecule has 0 bridgehead atoms. The predicted molar refractivity (Wildman–Crippen MR) is 129 cm³/mol. The number of nitrogens with one attached hydrogen (secondary N) is 1. The van der Waals surface area contributed by atoms with E-state index < -0.39 is 0 Å². The summed E-state index contributed by atoms with van der Waals surface area (Å²) in [5, 5.41) is 12.4. The molecule has 170 valence electrons. The van der Waals surface area contributed by atoms with Gasteiger partial charge < -0.3 is 19.4 Å². The molecule has 3 aromatic rings. The van der Waals surface area contributed by atoms with Gasteiger partial charge in [0.25, 0.3) is 0 Å². The third-order valence-electron chi connectivity index (χ3n) is 5.45. The zero-order valence-corrected chi connectivity index (χ0v) is 20.2. The van der Waals surface area contributed by atoms with Crippen molar-refractivity contribution in [2.75, 3.05) is 24.3 Å². The van der Waals surface area contributed by atoms with Crippen LogP contribution in [0.5, 0.6) is 5.75 Å². The summed E-state index contributed by atoms with van der Waals surface area (Å²) in [7, 11) is 0. The maximum atomic E-state index is 12.9. The number of rotatable bonds is 10. The fourth-order valence-electron chi connectivity index (χ4n) is 3.85. The van der Waals surface area contributed by atoms with Gasteiger partial charge in [0, 0.05) is 30.1 Å². The lowest BCUT2D eigenvalue weighted by molar-refractivity contribution is 0.0957. The number of para-hydroxylation sites is 2. The van der Waals surface area contributed by atoms with Crippen molar-refractivity contribution < 1.29 is 14.3 Å². The van der Waals surface area contributed by atoms with Crippen LogP contribution in [0, 0.1) is 13.8 Å². The van der Waals surface area contributed by atoms with E-state index in [1.165, 1.54) is 23.1 Å². The van der Waals surface area contributed by atoms with Crippen LogP contribution in [0.2, 0.25) is 0 Å². The lowest BCUT2D eigenvalue weighted by Gasteiger charge is -2.14. The molecule has 7 nitrogen and oxygen atoms in total. The fourth-order valence-corrected chi connectivity index (χ4v) is 5.49. The molecule has 0 radical (unpaired) electrons. The largest absolute Gasteiger partial charge is 0.492 e. The van der Waals surface area contributed by atoms with Gasteiger partial charge in [0.05, 0.1) is 24.2 Å². The number of ketones is 1. The SMILES string of the molecule is CCOc1ccccc1Nc1nnc(SCC(=O)c2cc(C)n(C[C@H]3CCCO3)c2C)s1. The Morgan fingerprint density at radius 1 is 1.34 bits per heavy atom. The summed E-state index contributed by atoms with van der Waals surface area (Å²) in [6, 6.07) is 9.72. The number of thioether (sulfide) groups is 1. The van der Waals surface area contributed by atoms with Gasteiger partial charge in [-0.3, -0.25) is 4.79 Å². The van der Waals surface area contributed by atoms with Gasteiger partial charge in [-0.1, -0.05) is 35.2 Å².